The molecule has 0 saturated carbocycles. The topological polar surface area (TPSA) is 57.5 Å². The SMILES string of the molecule is COC(=O)CC(=O)c1ccc2c(ccn2C)c1OC. The third-order valence-corrected chi connectivity index (χ3v) is 3.05. The number of rotatable bonds is 4. The molecule has 0 unspecified atom stereocenters. The Bertz CT molecular complexity index is 642. The van der Waals surface area contributed by atoms with E-state index in [0.29, 0.717) is 11.3 Å². The molecule has 0 radical (unpaired) electrons. The summed E-state index contributed by atoms with van der Waals surface area (Å²) in [4.78, 5) is 23.2. The molecule has 0 aliphatic heterocycles. The lowest BCUT2D eigenvalue weighted by Crippen LogP contribution is -2.10. The lowest BCUT2D eigenvalue weighted by Gasteiger charge is -2.09. The van der Waals surface area contributed by atoms with Crippen molar-refractivity contribution in [2.45, 2.75) is 6.42 Å². The zero-order valence-electron chi connectivity index (χ0n) is 11.1. The molecule has 100 valence electrons. The van der Waals surface area contributed by atoms with Crippen LogP contribution >= 0.6 is 0 Å². The minimum atomic E-state index is -0.555. The minimum Gasteiger partial charge on any atom is -0.495 e. The Morgan fingerprint density at radius 2 is 1.95 bits per heavy atom. The first kappa shape index (κ1) is 13.1. The zero-order valence-corrected chi connectivity index (χ0v) is 11.1. The molecule has 0 N–H and O–H groups in total. The molecule has 1 aromatic carbocycles. The Hall–Kier alpha value is -2.30. The lowest BCUT2D eigenvalue weighted by atomic mass is 10.0. The maximum atomic E-state index is 12.1. The van der Waals surface area contributed by atoms with Crippen LogP contribution in [0.1, 0.15) is 16.8 Å². The molecule has 0 atom stereocenters. The summed E-state index contributed by atoms with van der Waals surface area (Å²) in [7, 11) is 4.68. The van der Waals surface area contributed by atoms with E-state index in [1.54, 1.807) is 6.07 Å². The second kappa shape index (κ2) is 5.14. The number of hydrogen-bond acceptors (Lipinski definition) is 4. The number of ether oxygens (including phenoxy) is 2. The molecule has 5 nitrogen and oxygen atoms in total. The van der Waals surface area contributed by atoms with E-state index < -0.39 is 5.97 Å². The van der Waals surface area contributed by atoms with Crippen LogP contribution in [0.3, 0.4) is 0 Å². The summed E-state index contributed by atoms with van der Waals surface area (Å²) in [6.45, 7) is 0. The molecule has 0 fully saturated rings. The summed E-state index contributed by atoms with van der Waals surface area (Å²) in [6, 6.07) is 5.39. The second-order valence-electron chi connectivity index (χ2n) is 4.18. The number of hydrogen-bond donors (Lipinski definition) is 0. The molecule has 0 spiro atoms. The van der Waals surface area contributed by atoms with E-state index in [-0.39, 0.29) is 12.2 Å². The summed E-state index contributed by atoms with van der Waals surface area (Å²) >= 11 is 0. The van der Waals surface area contributed by atoms with Crippen LogP contribution in [0, 0.1) is 0 Å². The molecule has 0 aliphatic rings. The van der Waals surface area contributed by atoms with Gasteiger partial charge in [0.15, 0.2) is 5.78 Å². The number of benzene rings is 1. The van der Waals surface area contributed by atoms with E-state index in [4.69, 9.17) is 4.74 Å². The van der Waals surface area contributed by atoms with Crippen LogP contribution in [-0.4, -0.2) is 30.5 Å². The molecule has 2 aromatic rings. The number of Topliss-reactive ketones (excluding diaryl/α,β-unsaturated/α-hetero) is 1. The van der Waals surface area contributed by atoms with Gasteiger partial charge in [-0.25, -0.2) is 0 Å². The molecular weight excluding hydrogens is 246 g/mol. The first-order valence-corrected chi connectivity index (χ1v) is 5.80. The van der Waals surface area contributed by atoms with E-state index in [0.717, 1.165) is 10.9 Å². The van der Waals surface area contributed by atoms with Crippen LogP contribution in [0.2, 0.25) is 0 Å². The van der Waals surface area contributed by atoms with E-state index >= 15 is 0 Å². The number of aromatic nitrogens is 1. The van der Waals surface area contributed by atoms with Gasteiger partial charge in [-0.15, -0.1) is 0 Å². The van der Waals surface area contributed by atoms with Crippen molar-refractivity contribution < 1.29 is 19.1 Å². The molecule has 5 heteroatoms. The van der Waals surface area contributed by atoms with Crippen LogP contribution in [-0.2, 0) is 16.6 Å². The van der Waals surface area contributed by atoms with Gasteiger partial charge in [0.2, 0.25) is 0 Å². The Labute approximate surface area is 110 Å². The summed E-state index contributed by atoms with van der Waals surface area (Å²) in [6.07, 6.45) is 1.60. The molecule has 0 bridgehead atoms. The highest BCUT2D eigenvalue weighted by Gasteiger charge is 2.19. The van der Waals surface area contributed by atoms with Crippen molar-refractivity contribution in [2.75, 3.05) is 14.2 Å². The Balaban J connectivity index is 2.48. The smallest absolute Gasteiger partial charge is 0.313 e. The number of fused-ring (bicyclic) bond motifs is 1. The standard InChI is InChI=1S/C14H15NO4/c1-15-7-6-9-11(15)5-4-10(14(9)19-3)12(16)8-13(17)18-2/h4-7H,8H2,1-3H3. The Morgan fingerprint density at radius 3 is 2.58 bits per heavy atom. The van der Waals surface area contributed by atoms with Crippen LogP contribution < -0.4 is 4.74 Å². The van der Waals surface area contributed by atoms with Gasteiger partial charge in [0, 0.05) is 18.6 Å². The Kier molecular flexibility index (Phi) is 3.55. The van der Waals surface area contributed by atoms with Gasteiger partial charge in [-0.05, 0) is 18.2 Å². The van der Waals surface area contributed by atoms with Gasteiger partial charge in [0.25, 0.3) is 0 Å². The number of ketones is 1. The van der Waals surface area contributed by atoms with Gasteiger partial charge in [0.1, 0.15) is 12.2 Å². The predicted molar refractivity (Wildman–Crippen MR) is 70.4 cm³/mol. The van der Waals surface area contributed by atoms with Crippen LogP contribution in [0.4, 0.5) is 0 Å². The van der Waals surface area contributed by atoms with E-state index in [1.807, 2.05) is 29.9 Å². The summed E-state index contributed by atoms with van der Waals surface area (Å²) < 4.78 is 11.8. The maximum Gasteiger partial charge on any atom is 0.313 e. The molecular formula is C14H15NO4. The van der Waals surface area contributed by atoms with Gasteiger partial charge in [-0.1, -0.05) is 0 Å². The van der Waals surface area contributed by atoms with Gasteiger partial charge in [-0.2, -0.15) is 0 Å². The highest BCUT2D eigenvalue weighted by Crippen LogP contribution is 2.31. The fourth-order valence-electron chi connectivity index (χ4n) is 2.06. The lowest BCUT2D eigenvalue weighted by molar-refractivity contribution is -0.139. The second-order valence-corrected chi connectivity index (χ2v) is 4.18. The van der Waals surface area contributed by atoms with Crippen molar-refractivity contribution in [1.29, 1.82) is 0 Å². The third kappa shape index (κ3) is 2.31. The molecule has 1 heterocycles. The van der Waals surface area contributed by atoms with Crippen LogP contribution in [0.25, 0.3) is 10.9 Å². The molecule has 0 aliphatic carbocycles. The quantitative estimate of drug-likeness (QED) is 0.479. The van der Waals surface area contributed by atoms with Crippen molar-refractivity contribution in [3.63, 3.8) is 0 Å². The van der Waals surface area contributed by atoms with E-state index in [9.17, 15) is 9.59 Å². The number of carbonyl (C=O) groups excluding carboxylic acids is 2. The molecule has 0 amide bonds. The van der Waals surface area contributed by atoms with Gasteiger partial charge in [-0.3, -0.25) is 9.59 Å². The van der Waals surface area contributed by atoms with Crippen molar-refractivity contribution in [3.8, 4) is 5.75 Å². The number of carbonyl (C=O) groups is 2. The number of nitrogens with zero attached hydrogens (tertiary/aromatic N) is 1. The molecule has 0 saturated heterocycles. The number of methoxy groups -OCH3 is 2. The highest BCUT2D eigenvalue weighted by molar-refractivity contribution is 6.10. The van der Waals surface area contributed by atoms with Crippen LogP contribution in [0.15, 0.2) is 24.4 Å². The molecule has 19 heavy (non-hydrogen) atoms. The van der Waals surface area contributed by atoms with Crippen molar-refractivity contribution in [1.82, 2.24) is 4.57 Å². The fourth-order valence-corrected chi connectivity index (χ4v) is 2.06. The average molecular weight is 261 g/mol. The van der Waals surface area contributed by atoms with Crippen molar-refractivity contribution in [2.24, 2.45) is 7.05 Å². The number of aryl methyl sites for hydroxylation is 1. The summed E-state index contributed by atoms with van der Waals surface area (Å²) in [5, 5.41) is 0.848. The first-order chi connectivity index (χ1) is 9.08. The largest absolute Gasteiger partial charge is 0.495 e. The predicted octanol–water partition coefficient (Wildman–Crippen LogP) is 1.93. The van der Waals surface area contributed by atoms with Crippen molar-refractivity contribution in [3.05, 3.63) is 30.0 Å². The third-order valence-electron chi connectivity index (χ3n) is 3.05. The summed E-state index contributed by atoms with van der Waals surface area (Å²) in [5.41, 5.74) is 1.36. The monoisotopic (exact) mass is 261 g/mol. The fraction of sp³-hybridized carbons (Fsp3) is 0.286. The normalized spacial score (nSPS) is 10.5. The van der Waals surface area contributed by atoms with E-state index in [2.05, 4.69) is 4.74 Å². The highest BCUT2D eigenvalue weighted by atomic mass is 16.5. The summed E-state index contributed by atoms with van der Waals surface area (Å²) in [5.74, 6) is -0.373. The van der Waals surface area contributed by atoms with Crippen molar-refractivity contribution >= 4 is 22.7 Å². The van der Waals surface area contributed by atoms with Gasteiger partial charge < -0.3 is 14.0 Å². The molecule has 2 rings (SSSR count). The van der Waals surface area contributed by atoms with Gasteiger partial charge in [0.05, 0.1) is 25.3 Å². The maximum absolute atomic E-state index is 12.1. The van der Waals surface area contributed by atoms with Crippen LogP contribution in [0.5, 0.6) is 5.75 Å². The minimum absolute atomic E-state index is 0.287. The number of esters is 1. The average Bonchev–Trinajstić information content (AvgIpc) is 2.79. The first-order valence-electron chi connectivity index (χ1n) is 5.80. The van der Waals surface area contributed by atoms with Gasteiger partial charge >= 0.3 is 5.97 Å². The zero-order chi connectivity index (χ0) is 14.0. The Morgan fingerprint density at radius 1 is 1.21 bits per heavy atom. The van der Waals surface area contributed by atoms with E-state index in [1.165, 1.54) is 14.2 Å². The molecule has 1 aromatic heterocycles.